The molecule has 2 unspecified atom stereocenters. The lowest BCUT2D eigenvalue weighted by Crippen LogP contribution is -2.56. The van der Waals surface area contributed by atoms with Gasteiger partial charge < -0.3 is 15.0 Å². The standard InChI is InChI=1S/C18H25N3O3.C7H8O3S/c1-21-13-6-5-7-14(21)11-12(10-13)19-18(23)20-17(22)15-8-3-4-9-16(15)24-2;1-6-2-4-7(5-3-6)11(8,9)10/h3-4,8-9,12-14H,5-7,10-11H2,1-2H3,(H2,19,20,22,23);2-5H,1H3,(H,8,9,10). The molecule has 2 aliphatic rings. The van der Waals surface area contributed by atoms with Crippen molar-refractivity contribution in [3.8, 4) is 5.75 Å². The van der Waals surface area contributed by atoms with Gasteiger partial charge in [0.05, 0.1) is 17.6 Å². The minimum atomic E-state index is -4.02. The highest BCUT2D eigenvalue weighted by Gasteiger charge is 2.36. The maximum Gasteiger partial charge on any atom is 0.321 e. The molecule has 2 atom stereocenters. The molecule has 2 aromatic carbocycles. The normalized spacial score (nSPS) is 21.8. The van der Waals surface area contributed by atoms with Gasteiger partial charge in [0.25, 0.3) is 16.0 Å². The highest BCUT2D eigenvalue weighted by Crippen LogP contribution is 2.32. The summed E-state index contributed by atoms with van der Waals surface area (Å²) < 4.78 is 34.7. The van der Waals surface area contributed by atoms with Gasteiger partial charge in [-0.2, -0.15) is 8.42 Å². The van der Waals surface area contributed by atoms with Crippen molar-refractivity contribution in [2.24, 2.45) is 0 Å². The number of fused-ring (bicyclic) bond motifs is 2. The van der Waals surface area contributed by atoms with E-state index in [4.69, 9.17) is 9.29 Å². The lowest BCUT2D eigenvalue weighted by molar-refractivity contribution is 0.0508. The first-order chi connectivity index (χ1) is 16.6. The van der Waals surface area contributed by atoms with Gasteiger partial charge in [-0.3, -0.25) is 14.7 Å². The number of methoxy groups -OCH3 is 1. The van der Waals surface area contributed by atoms with Gasteiger partial charge in [-0.05, 0) is 63.9 Å². The van der Waals surface area contributed by atoms with Gasteiger partial charge in [0.15, 0.2) is 0 Å². The Labute approximate surface area is 206 Å². The summed E-state index contributed by atoms with van der Waals surface area (Å²) in [6.45, 7) is 1.84. The number of piperidine rings is 2. The Morgan fingerprint density at radius 1 is 1.03 bits per heavy atom. The quantitative estimate of drug-likeness (QED) is 0.546. The number of urea groups is 1. The van der Waals surface area contributed by atoms with Crippen molar-refractivity contribution < 1.29 is 27.3 Å². The highest BCUT2D eigenvalue weighted by molar-refractivity contribution is 7.85. The average Bonchev–Trinajstić information content (AvgIpc) is 2.80. The molecule has 0 spiro atoms. The van der Waals surface area contributed by atoms with Gasteiger partial charge in [0.1, 0.15) is 5.75 Å². The molecule has 2 bridgehead atoms. The van der Waals surface area contributed by atoms with Crippen LogP contribution in [0.2, 0.25) is 0 Å². The molecule has 0 saturated carbocycles. The fourth-order valence-electron chi connectivity index (χ4n) is 4.67. The summed E-state index contributed by atoms with van der Waals surface area (Å²) in [6, 6.07) is 13.6. The minimum absolute atomic E-state index is 0.0666. The number of carbonyl (C=O) groups excluding carboxylic acids is 2. The number of hydrogen-bond acceptors (Lipinski definition) is 6. The Bertz CT molecular complexity index is 1120. The molecule has 10 heteroatoms. The third-order valence-corrected chi connectivity index (χ3v) is 7.44. The first kappa shape index (κ1) is 26.7. The minimum Gasteiger partial charge on any atom is -0.496 e. The van der Waals surface area contributed by atoms with Crippen LogP contribution >= 0.6 is 0 Å². The molecule has 2 aromatic rings. The molecule has 2 fully saturated rings. The van der Waals surface area contributed by atoms with E-state index in [-0.39, 0.29) is 10.9 Å². The Kier molecular flexibility index (Phi) is 8.87. The number of carbonyl (C=O) groups is 2. The first-order valence-corrected chi connectivity index (χ1v) is 13.0. The molecular weight excluding hydrogens is 470 g/mol. The second kappa shape index (κ2) is 11.7. The molecule has 0 aliphatic carbocycles. The zero-order valence-electron chi connectivity index (χ0n) is 20.2. The molecular formula is C25H33N3O6S. The average molecular weight is 504 g/mol. The number of hydrogen-bond donors (Lipinski definition) is 3. The molecule has 2 saturated heterocycles. The summed E-state index contributed by atoms with van der Waals surface area (Å²) in [5.41, 5.74) is 1.31. The number of nitrogens with zero attached hydrogens (tertiary/aromatic N) is 1. The second-order valence-corrected chi connectivity index (χ2v) is 10.4. The van der Waals surface area contributed by atoms with Crippen molar-refractivity contribution in [3.05, 3.63) is 59.7 Å². The van der Waals surface area contributed by atoms with E-state index >= 15 is 0 Å². The van der Waals surface area contributed by atoms with Crippen LogP contribution in [0.1, 0.15) is 48.0 Å². The van der Waals surface area contributed by atoms with E-state index in [2.05, 4.69) is 22.6 Å². The van der Waals surface area contributed by atoms with Gasteiger partial charge in [-0.1, -0.05) is 36.2 Å². The van der Waals surface area contributed by atoms with E-state index in [1.54, 1.807) is 36.4 Å². The third kappa shape index (κ3) is 7.27. The Balaban J connectivity index is 0.000000261. The summed E-state index contributed by atoms with van der Waals surface area (Å²) >= 11 is 0. The van der Waals surface area contributed by atoms with Gasteiger partial charge in [0.2, 0.25) is 0 Å². The van der Waals surface area contributed by atoms with Crippen LogP contribution in [0, 0.1) is 6.92 Å². The molecule has 4 rings (SSSR count). The van der Waals surface area contributed by atoms with E-state index in [9.17, 15) is 18.0 Å². The molecule has 3 amide bonds. The van der Waals surface area contributed by atoms with Crippen LogP contribution in [0.15, 0.2) is 53.4 Å². The summed E-state index contributed by atoms with van der Waals surface area (Å²) in [5.74, 6) is 0.00898. The molecule has 2 aliphatic heterocycles. The van der Waals surface area contributed by atoms with E-state index in [1.807, 2.05) is 6.92 Å². The largest absolute Gasteiger partial charge is 0.496 e. The zero-order valence-corrected chi connectivity index (χ0v) is 21.0. The van der Waals surface area contributed by atoms with Crippen LogP contribution in [0.4, 0.5) is 4.79 Å². The van der Waals surface area contributed by atoms with Crippen molar-refractivity contribution in [2.75, 3.05) is 14.2 Å². The molecule has 0 radical (unpaired) electrons. The summed E-state index contributed by atoms with van der Waals surface area (Å²) in [7, 11) is -0.340. The maximum absolute atomic E-state index is 12.3. The highest BCUT2D eigenvalue weighted by atomic mass is 32.2. The van der Waals surface area contributed by atoms with E-state index in [0.29, 0.717) is 23.4 Å². The fraction of sp³-hybridized carbons (Fsp3) is 0.440. The Hall–Kier alpha value is -2.95. The topological polar surface area (TPSA) is 125 Å². The van der Waals surface area contributed by atoms with E-state index in [0.717, 1.165) is 18.4 Å². The number of benzene rings is 2. The van der Waals surface area contributed by atoms with Gasteiger partial charge in [-0.15, -0.1) is 0 Å². The van der Waals surface area contributed by atoms with Crippen molar-refractivity contribution in [1.82, 2.24) is 15.5 Å². The maximum atomic E-state index is 12.3. The van der Waals surface area contributed by atoms with Crippen LogP contribution in [-0.2, 0) is 10.1 Å². The van der Waals surface area contributed by atoms with Crippen LogP contribution in [-0.4, -0.2) is 62.1 Å². The molecule has 9 nitrogen and oxygen atoms in total. The predicted molar refractivity (Wildman–Crippen MR) is 132 cm³/mol. The van der Waals surface area contributed by atoms with Crippen LogP contribution in [0.25, 0.3) is 0 Å². The lowest BCUT2D eigenvalue weighted by atomic mass is 9.82. The van der Waals surface area contributed by atoms with Gasteiger partial charge in [0, 0.05) is 18.1 Å². The van der Waals surface area contributed by atoms with Crippen molar-refractivity contribution >= 4 is 22.1 Å². The molecule has 2 heterocycles. The van der Waals surface area contributed by atoms with Crippen LogP contribution in [0.5, 0.6) is 5.75 Å². The second-order valence-electron chi connectivity index (χ2n) is 8.99. The van der Waals surface area contributed by atoms with Gasteiger partial charge >= 0.3 is 6.03 Å². The number of rotatable bonds is 4. The van der Waals surface area contributed by atoms with Crippen molar-refractivity contribution in [3.63, 3.8) is 0 Å². The van der Waals surface area contributed by atoms with Crippen molar-refractivity contribution in [2.45, 2.75) is 62.0 Å². The molecule has 3 N–H and O–H groups in total. The van der Waals surface area contributed by atoms with Crippen LogP contribution < -0.4 is 15.4 Å². The Morgan fingerprint density at radius 2 is 1.63 bits per heavy atom. The smallest absolute Gasteiger partial charge is 0.321 e. The SMILES string of the molecule is COc1ccccc1C(=O)NC(=O)NC1CC2CCCC(C1)N2C.Cc1ccc(S(=O)(=O)O)cc1. The van der Waals surface area contributed by atoms with Crippen LogP contribution in [0.3, 0.4) is 0 Å². The van der Waals surface area contributed by atoms with Crippen molar-refractivity contribution in [1.29, 1.82) is 0 Å². The molecule has 35 heavy (non-hydrogen) atoms. The van der Waals surface area contributed by atoms with Gasteiger partial charge in [-0.25, -0.2) is 4.79 Å². The summed E-state index contributed by atoms with van der Waals surface area (Å²) in [4.78, 5) is 26.8. The number of imide groups is 1. The summed E-state index contributed by atoms with van der Waals surface area (Å²) in [6.07, 6.45) is 5.54. The number of aryl methyl sites for hydroxylation is 1. The number of para-hydroxylation sites is 1. The fourth-order valence-corrected chi connectivity index (χ4v) is 5.15. The number of nitrogens with one attached hydrogen (secondary N) is 2. The van der Waals surface area contributed by atoms with E-state index < -0.39 is 22.1 Å². The monoisotopic (exact) mass is 503 g/mol. The zero-order chi connectivity index (χ0) is 25.6. The first-order valence-electron chi connectivity index (χ1n) is 11.6. The third-order valence-electron chi connectivity index (χ3n) is 6.57. The Morgan fingerprint density at radius 3 is 2.20 bits per heavy atom. The lowest BCUT2D eigenvalue weighted by Gasteiger charge is -2.47. The molecule has 190 valence electrons. The number of ether oxygens (including phenoxy) is 1. The predicted octanol–water partition coefficient (Wildman–Crippen LogP) is 3.39. The number of amides is 3. The molecule has 0 aromatic heterocycles. The van der Waals surface area contributed by atoms with E-state index in [1.165, 1.54) is 38.5 Å². The summed E-state index contributed by atoms with van der Waals surface area (Å²) in [5, 5.41) is 5.38.